The molecule has 0 atom stereocenters. The molecular weight excluding hydrogens is 256 g/mol. The maximum atomic E-state index is 2.11. The minimum atomic E-state index is 1.28. The summed E-state index contributed by atoms with van der Waals surface area (Å²) in [6.07, 6.45) is 16.5. The van der Waals surface area contributed by atoms with E-state index in [-0.39, 0.29) is 0 Å². The molecule has 2 heterocycles. The summed E-state index contributed by atoms with van der Waals surface area (Å²) < 4.78 is 0. The first-order valence-corrected chi connectivity index (χ1v) is 7.46. The van der Waals surface area contributed by atoms with Crippen LogP contribution in [0.4, 0.5) is 0 Å². The highest BCUT2D eigenvalue weighted by atomic mass is 32.1. The fourth-order valence-corrected chi connectivity index (χ4v) is 2.59. The van der Waals surface area contributed by atoms with Crippen LogP contribution in [0.25, 0.3) is 12.2 Å². The smallest absolute Gasteiger partial charge is 0.0270 e. The quantitative estimate of drug-likeness (QED) is 0.616. The van der Waals surface area contributed by atoms with Gasteiger partial charge in [-0.1, -0.05) is 48.6 Å². The summed E-state index contributed by atoms with van der Waals surface area (Å²) in [5.74, 6) is 0. The first kappa shape index (κ1) is 12.8. The lowest BCUT2D eigenvalue weighted by Gasteiger charge is -1.79. The molecule has 0 aliphatic rings. The van der Waals surface area contributed by atoms with Gasteiger partial charge in [-0.05, 0) is 35.0 Å². The van der Waals surface area contributed by atoms with Crippen LogP contribution in [0.1, 0.15) is 9.75 Å². The van der Waals surface area contributed by atoms with Crippen LogP contribution in [0.15, 0.2) is 71.5 Å². The molecule has 0 unspecified atom stereocenters. The second kappa shape index (κ2) is 7.64. The number of thiophene rings is 2. The number of rotatable bonds is 5. The van der Waals surface area contributed by atoms with Gasteiger partial charge in [-0.15, -0.1) is 22.7 Å². The summed E-state index contributed by atoms with van der Waals surface area (Å²) in [4.78, 5) is 2.56. The SMILES string of the molecule is C(/C=C/C=C/c1cccs1)=C\C=C\c1cccs1. The van der Waals surface area contributed by atoms with Gasteiger partial charge in [-0.25, -0.2) is 0 Å². The van der Waals surface area contributed by atoms with Gasteiger partial charge in [-0.3, -0.25) is 0 Å². The van der Waals surface area contributed by atoms with Crippen LogP contribution in [0.2, 0.25) is 0 Å². The molecular formula is C16H14S2. The summed E-state index contributed by atoms with van der Waals surface area (Å²) in [6, 6.07) is 8.33. The molecule has 0 saturated heterocycles. The molecule has 2 aromatic heterocycles. The molecule has 90 valence electrons. The van der Waals surface area contributed by atoms with Crippen molar-refractivity contribution in [1.82, 2.24) is 0 Å². The second-order valence-electron chi connectivity index (χ2n) is 3.52. The van der Waals surface area contributed by atoms with Gasteiger partial charge in [0.1, 0.15) is 0 Å². The number of hydrogen-bond acceptors (Lipinski definition) is 2. The van der Waals surface area contributed by atoms with E-state index in [2.05, 4.69) is 59.3 Å². The second-order valence-corrected chi connectivity index (χ2v) is 5.48. The van der Waals surface area contributed by atoms with Gasteiger partial charge in [0, 0.05) is 9.75 Å². The highest BCUT2D eigenvalue weighted by Crippen LogP contribution is 2.10. The largest absolute Gasteiger partial charge is 0.144 e. The molecule has 0 nitrogen and oxygen atoms in total. The summed E-state index contributed by atoms with van der Waals surface area (Å²) in [5.41, 5.74) is 0. The maximum Gasteiger partial charge on any atom is 0.0270 e. The third kappa shape index (κ3) is 4.70. The van der Waals surface area contributed by atoms with Gasteiger partial charge in [0.15, 0.2) is 0 Å². The highest BCUT2D eigenvalue weighted by Gasteiger charge is 1.82. The van der Waals surface area contributed by atoms with E-state index in [1.807, 2.05) is 24.3 Å². The molecule has 0 aliphatic carbocycles. The molecule has 0 fully saturated rings. The minimum absolute atomic E-state index is 1.28. The van der Waals surface area contributed by atoms with Crippen LogP contribution in [0, 0.1) is 0 Å². The molecule has 0 N–H and O–H groups in total. The molecule has 2 heteroatoms. The summed E-state index contributed by atoms with van der Waals surface area (Å²) in [7, 11) is 0. The van der Waals surface area contributed by atoms with Gasteiger partial charge < -0.3 is 0 Å². The normalized spacial score (nSPS) is 12.7. The first-order valence-electron chi connectivity index (χ1n) is 5.70. The Labute approximate surface area is 116 Å². The van der Waals surface area contributed by atoms with Crippen LogP contribution in [0.5, 0.6) is 0 Å². The Hall–Kier alpha value is -1.64. The first-order chi connectivity index (χ1) is 8.95. The zero-order valence-corrected chi connectivity index (χ0v) is 11.5. The summed E-state index contributed by atoms with van der Waals surface area (Å²) >= 11 is 3.49. The topological polar surface area (TPSA) is 0 Å². The predicted octanol–water partition coefficient (Wildman–Crippen LogP) is 5.65. The van der Waals surface area contributed by atoms with Gasteiger partial charge in [-0.2, -0.15) is 0 Å². The van der Waals surface area contributed by atoms with Crippen LogP contribution in [-0.4, -0.2) is 0 Å². The minimum Gasteiger partial charge on any atom is -0.144 e. The maximum absolute atomic E-state index is 2.11. The lowest BCUT2D eigenvalue weighted by molar-refractivity contribution is 1.88. The van der Waals surface area contributed by atoms with Crippen LogP contribution in [0.3, 0.4) is 0 Å². The predicted molar refractivity (Wildman–Crippen MR) is 85.0 cm³/mol. The summed E-state index contributed by atoms with van der Waals surface area (Å²) in [5, 5.41) is 4.16. The van der Waals surface area contributed by atoms with Gasteiger partial charge in [0.2, 0.25) is 0 Å². The van der Waals surface area contributed by atoms with Crippen LogP contribution < -0.4 is 0 Å². The Morgan fingerprint density at radius 2 is 1.06 bits per heavy atom. The van der Waals surface area contributed by atoms with Crippen molar-refractivity contribution in [2.75, 3.05) is 0 Å². The van der Waals surface area contributed by atoms with Gasteiger partial charge in [0.05, 0.1) is 0 Å². The van der Waals surface area contributed by atoms with Crippen molar-refractivity contribution in [2.45, 2.75) is 0 Å². The summed E-state index contributed by atoms with van der Waals surface area (Å²) in [6.45, 7) is 0. The van der Waals surface area contributed by atoms with Gasteiger partial charge in [0.25, 0.3) is 0 Å². The van der Waals surface area contributed by atoms with Gasteiger partial charge >= 0.3 is 0 Å². The number of hydrogen-bond donors (Lipinski definition) is 0. The molecule has 0 radical (unpaired) electrons. The monoisotopic (exact) mass is 270 g/mol. The molecule has 0 spiro atoms. The standard InChI is InChI=1S/C16H14S2/c1(3-5-9-15-11-7-13-17-15)2-4-6-10-16-12-8-14-18-16/h1-14H/b3-1+,4-2+,9-5+,10-6+. The number of allylic oxidation sites excluding steroid dienone is 6. The average Bonchev–Trinajstić information content (AvgIpc) is 3.05. The Morgan fingerprint density at radius 3 is 1.44 bits per heavy atom. The van der Waals surface area contributed by atoms with E-state index in [1.54, 1.807) is 22.7 Å². The van der Waals surface area contributed by atoms with Crippen molar-refractivity contribution in [3.63, 3.8) is 0 Å². The molecule has 0 bridgehead atoms. The third-order valence-electron chi connectivity index (χ3n) is 2.16. The van der Waals surface area contributed by atoms with Crippen LogP contribution in [-0.2, 0) is 0 Å². The Morgan fingerprint density at radius 1 is 0.611 bits per heavy atom. The van der Waals surface area contributed by atoms with E-state index in [0.29, 0.717) is 0 Å². The van der Waals surface area contributed by atoms with E-state index in [9.17, 15) is 0 Å². The fourth-order valence-electron chi connectivity index (χ4n) is 1.33. The van der Waals surface area contributed by atoms with Crippen molar-refractivity contribution < 1.29 is 0 Å². The molecule has 18 heavy (non-hydrogen) atoms. The Kier molecular flexibility index (Phi) is 5.44. The van der Waals surface area contributed by atoms with E-state index >= 15 is 0 Å². The molecule has 0 aromatic carbocycles. The van der Waals surface area contributed by atoms with Crippen molar-refractivity contribution in [2.24, 2.45) is 0 Å². The lowest BCUT2D eigenvalue weighted by atomic mass is 10.3. The van der Waals surface area contributed by atoms with Crippen LogP contribution >= 0.6 is 22.7 Å². The van der Waals surface area contributed by atoms with Crippen molar-refractivity contribution >= 4 is 34.8 Å². The van der Waals surface area contributed by atoms with Crippen molar-refractivity contribution in [1.29, 1.82) is 0 Å². The van der Waals surface area contributed by atoms with Crippen molar-refractivity contribution in [3.8, 4) is 0 Å². The molecule has 2 aromatic rings. The lowest BCUT2D eigenvalue weighted by Crippen LogP contribution is -1.56. The van der Waals surface area contributed by atoms with E-state index in [1.165, 1.54) is 9.75 Å². The molecule has 0 amide bonds. The van der Waals surface area contributed by atoms with E-state index < -0.39 is 0 Å². The molecule has 0 saturated carbocycles. The molecule has 0 aliphatic heterocycles. The highest BCUT2D eigenvalue weighted by molar-refractivity contribution is 7.11. The Bertz CT molecular complexity index is 486. The molecule has 2 rings (SSSR count). The van der Waals surface area contributed by atoms with Crippen molar-refractivity contribution in [3.05, 3.63) is 81.2 Å². The Balaban J connectivity index is 1.74. The fraction of sp³-hybridized carbons (Fsp3) is 0. The zero-order chi connectivity index (χ0) is 12.5. The zero-order valence-electron chi connectivity index (χ0n) is 9.90. The average molecular weight is 270 g/mol. The van der Waals surface area contributed by atoms with E-state index in [4.69, 9.17) is 0 Å². The van der Waals surface area contributed by atoms with E-state index in [0.717, 1.165) is 0 Å². The third-order valence-corrected chi connectivity index (χ3v) is 3.84.